The minimum Gasteiger partial charge on any atom is -0.318 e. The molecule has 0 atom stereocenters. The van der Waals surface area contributed by atoms with Gasteiger partial charge in [0, 0.05) is 12.6 Å². The molecule has 100 valence electrons. The van der Waals surface area contributed by atoms with E-state index in [-0.39, 0.29) is 17.9 Å². The lowest BCUT2D eigenvalue weighted by Crippen LogP contribution is -2.25. The van der Waals surface area contributed by atoms with E-state index in [1.54, 1.807) is 6.07 Å². The number of nitrogens with two attached hydrogens (primary N) is 1. The smallest absolute Gasteiger partial charge is 0.293 e. The second-order valence-electron chi connectivity index (χ2n) is 3.80. The first kappa shape index (κ1) is 14.3. The molecule has 3 N–H and O–H groups in total. The second kappa shape index (κ2) is 6.22. The van der Waals surface area contributed by atoms with Crippen molar-refractivity contribution < 1.29 is 13.7 Å². The number of benzene rings is 1. The third-order valence-corrected chi connectivity index (χ3v) is 2.36. The van der Waals surface area contributed by atoms with Gasteiger partial charge in [0.05, 0.1) is 11.5 Å². The molecular formula is C10H14F2N4O2. The summed E-state index contributed by atoms with van der Waals surface area (Å²) >= 11 is 0. The Morgan fingerprint density at radius 2 is 2.22 bits per heavy atom. The highest BCUT2D eigenvalue weighted by molar-refractivity contribution is 5.65. The summed E-state index contributed by atoms with van der Waals surface area (Å²) in [6.45, 7) is -0.266. The number of hydrogen-bond acceptors (Lipinski definition) is 5. The third-order valence-electron chi connectivity index (χ3n) is 2.36. The first-order valence-corrected chi connectivity index (χ1v) is 5.15. The van der Waals surface area contributed by atoms with Crippen molar-refractivity contribution in [3.8, 4) is 0 Å². The fourth-order valence-electron chi connectivity index (χ4n) is 1.63. The van der Waals surface area contributed by atoms with Gasteiger partial charge in [-0.1, -0.05) is 12.1 Å². The van der Waals surface area contributed by atoms with Crippen molar-refractivity contribution in [3.05, 3.63) is 33.9 Å². The van der Waals surface area contributed by atoms with Gasteiger partial charge in [-0.3, -0.25) is 20.9 Å². The molecular weight excluding hydrogens is 246 g/mol. The quantitative estimate of drug-likeness (QED) is 0.461. The summed E-state index contributed by atoms with van der Waals surface area (Å²) in [6, 6.07) is 4.39. The molecule has 0 spiro atoms. The summed E-state index contributed by atoms with van der Waals surface area (Å²) in [6.07, 6.45) is -2.46. The first-order chi connectivity index (χ1) is 8.45. The zero-order valence-corrected chi connectivity index (χ0v) is 9.77. The van der Waals surface area contributed by atoms with Crippen LogP contribution in [0.15, 0.2) is 18.2 Å². The van der Waals surface area contributed by atoms with Crippen LogP contribution in [-0.4, -0.2) is 29.8 Å². The van der Waals surface area contributed by atoms with Gasteiger partial charge in [-0.2, -0.15) is 0 Å². The number of nitrogens with zero attached hydrogens (tertiary/aromatic N) is 2. The maximum atomic E-state index is 12.2. The van der Waals surface area contributed by atoms with Gasteiger partial charge in [-0.15, -0.1) is 0 Å². The minimum atomic E-state index is -2.46. The monoisotopic (exact) mass is 260 g/mol. The maximum Gasteiger partial charge on any atom is 0.293 e. The van der Waals surface area contributed by atoms with Crippen LogP contribution in [0.3, 0.4) is 0 Å². The maximum absolute atomic E-state index is 12.2. The molecule has 0 heterocycles. The molecule has 0 fully saturated rings. The minimum absolute atomic E-state index is 0.142. The van der Waals surface area contributed by atoms with Crippen LogP contribution in [0.2, 0.25) is 0 Å². The summed E-state index contributed by atoms with van der Waals surface area (Å²) in [5.41, 5.74) is 2.71. The standard InChI is InChI=1S/C10H14F2N4O2/c1-15(6-9(11)12)5-7-3-2-4-8(16(17)18)10(7)14-13/h2-4,9,14H,5-6,13H2,1H3. The highest BCUT2D eigenvalue weighted by Crippen LogP contribution is 2.28. The van der Waals surface area contributed by atoms with Crippen molar-refractivity contribution in [1.82, 2.24) is 4.90 Å². The molecule has 0 saturated heterocycles. The number of hydrazine groups is 1. The molecule has 0 aliphatic rings. The molecule has 0 bridgehead atoms. The van der Waals surface area contributed by atoms with Crippen molar-refractivity contribution in [1.29, 1.82) is 0 Å². The highest BCUT2D eigenvalue weighted by Gasteiger charge is 2.18. The Bertz CT molecular complexity index is 428. The van der Waals surface area contributed by atoms with Gasteiger partial charge in [0.15, 0.2) is 0 Å². The Labute approximate surface area is 102 Å². The molecule has 6 nitrogen and oxygen atoms in total. The molecule has 0 aliphatic heterocycles. The molecule has 0 amide bonds. The van der Waals surface area contributed by atoms with Crippen molar-refractivity contribution >= 4 is 11.4 Å². The summed E-state index contributed by atoms with van der Waals surface area (Å²) in [4.78, 5) is 11.6. The van der Waals surface area contributed by atoms with E-state index in [1.807, 2.05) is 0 Å². The van der Waals surface area contributed by atoms with E-state index < -0.39 is 17.9 Å². The lowest BCUT2D eigenvalue weighted by Gasteiger charge is -2.17. The zero-order valence-electron chi connectivity index (χ0n) is 9.77. The van der Waals surface area contributed by atoms with Crippen molar-refractivity contribution in [2.45, 2.75) is 13.0 Å². The Kier molecular flexibility index (Phi) is 4.93. The van der Waals surface area contributed by atoms with Crippen LogP contribution in [0.25, 0.3) is 0 Å². The number of rotatable bonds is 6. The van der Waals surface area contributed by atoms with E-state index in [4.69, 9.17) is 5.84 Å². The fourth-order valence-corrected chi connectivity index (χ4v) is 1.63. The van der Waals surface area contributed by atoms with Crippen LogP contribution in [0.5, 0.6) is 0 Å². The van der Waals surface area contributed by atoms with E-state index in [2.05, 4.69) is 5.43 Å². The van der Waals surface area contributed by atoms with Gasteiger partial charge in [0.1, 0.15) is 5.69 Å². The molecule has 18 heavy (non-hydrogen) atoms. The van der Waals surface area contributed by atoms with E-state index in [1.165, 1.54) is 24.1 Å². The molecule has 0 unspecified atom stereocenters. The van der Waals surface area contributed by atoms with Gasteiger partial charge in [0.25, 0.3) is 12.1 Å². The predicted octanol–water partition coefficient (Wildman–Crippen LogP) is 1.58. The van der Waals surface area contributed by atoms with Crippen molar-refractivity contribution in [2.75, 3.05) is 19.0 Å². The van der Waals surface area contributed by atoms with Crippen molar-refractivity contribution in [2.24, 2.45) is 5.84 Å². The Morgan fingerprint density at radius 3 is 2.72 bits per heavy atom. The number of nitro groups is 1. The molecule has 0 aromatic heterocycles. The number of halogens is 2. The van der Waals surface area contributed by atoms with Crippen LogP contribution in [-0.2, 0) is 6.54 Å². The second-order valence-corrected chi connectivity index (χ2v) is 3.80. The Hall–Kier alpha value is -1.80. The van der Waals surface area contributed by atoms with Crippen LogP contribution in [0.4, 0.5) is 20.2 Å². The number of para-hydroxylation sites is 1. The Balaban J connectivity index is 2.95. The van der Waals surface area contributed by atoms with Gasteiger partial charge < -0.3 is 5.43 Å². The molecule has 1 rings (SSSR count). The molecule has 8 heteroatoms. The normalized spacial score (nSPS) is 11.0. The zero-order chi connectivity index (χ0) is 13.7. The summed E-state index contributed by atoms with van der Waals surface area (Å²) < 4.78 is 24.4. The van der Waals surface area contributed by atoms with E-state index in [0.29, 0.717) is 5.56 Å². The summed E-state index contributed by atoms with van der Waals surface area (Å²) in [5, 5.41) is 10.8. The third kappa shape index (κ3) is 3.60. The van der Waals surface area contributed by atoms with E-state index in [0.717, 1.165) is 0 Å². The summed E-state index contributed by atoms with van der Waals surface area (Å²) in [5.74, 6) is 5.25. The van der Waals surface area contributed by atoms with E-state index in [9.17, 15) is 18.9 Å². The SMILES string of the molecule is CN(Cc1cccc([N+](=O)[O-])c1NN)CC(F)F. The Morgan fingerprint density at radius 1 is 1.56 bits per heavy atom. The summed E-state index contributed by atoms with van der Waals surface area (Å²) in [7, 11) is 1.51. The van der Waals surface area contributed by atoms with Gasteiger partial charge in [-0.05, 0) is 12.6 Å². The number of nitrogens with one attached hydrogen (secondary N) is 1. The molecule has 0 saturated carbocycles. The van der Waals surface area contributed by atoms with Gasteiger partial charge in [-0.25, -0.2) is 8.78 Å². The molecule has 1 aromatic rings. The van der Waals surface area contributed by atoms with Crippen LogP contribution >= 0.6 is 0 Å². The highest BCUT2D eigenvalue weighted by atomic mass is 19.3. The largest absolute Gasteiger partial charge is 0.318 e. The lowest BCUT2D eigenvalue weighted by atomic mass is 10.1. The molecule has 0 aliphatic carbocycles. The van der Waals surface area contributed by atoms with E-state index >= 15 is 0 Å². The fraction of sp³-hybridized carbons (Fsp3) is 0.400. The first-order valence-electron chi connectivity index (χ1n) is 5.15. The van der Waals surface area contributed by atoms with Gasteiger partial charge in [0.2, 0.25) is 0 Å². The number of nitrogen functional groups attached to an aromatic ring is 1. The number of alkyl halides is 2. The average Bonchev–Trinajstić information content (AvgIpc) is 2.27. The van der Waals surface area contributed by atoms with Crippen LogP contribution in [0, 0.1) is 10.1 Å². The van der Waals surface area contributed by atoms with Crippen LogP contribution < -0.4 is 11.3 Å². The van der Waals surface area contributed by atoms with Crippen molar-refractivity contribution in [3.63, 3.8) is 0 Å². The number of hydrogen-bond donors (Lipinski definition) is 2. The molecule has 1 aromatic carbocycles. The van der Waals surface area contributed by atoms with Crippen LogP contribution in [0.1, 0.15) is 5.56 Å². The number of nitro benzene ring substituents is 1. The number of anilines is 1. The molecule has 0 radical (unpaired) electrons. The topological polar surface area (TPSA) is 84.4 Å². The van der Waals surface area contributed by atoms with Gasteiger partial charge >= 0.3 is 0 Å². The average molecular weight is 260 g/mol. The predicted molar refractivity (Wildman–Crippen MR) is 63.2 cm³/mol. The lowest BCUT2D eigenvalue weighted by molar-refractivity contribution is -0.384.